The largest absolute Gasteiger partial charge is 0.467 e. The number of hydrogen-bond donors (Lipinski definition) is 1. The minimum Gasteiger partial charge on any atom is -0.467 e. The van der Waals surface area contributed by atoms with Crippen LogP contribution in [0, 0.1) is 0 Å². The standard InChI is InChI=1S/C23H25NO5/c1-22(2,3)29-21(27)24-23(20(26)28-4)13-17-11-10-16(12-18(17)14-23)19(25)15-8-6-5-7-9-15/h5-12H,13-14H2,1-4H3,(H,24,27)/t23-/m1/s1. The molecule has 1 aliphatic rings. The number of rotatable bonds is 4. The summed E-state index contributed by atoms with van der Waals surface area (Å²) < 4.78 is 10.3. The number of carbonyl (C=O) groups is 3. The van der Waals surface area contributed by atoms with E-state index in [9.17, 15) is 14.4 Å². The summed E-state index contributed by atoms with van der Waals surface area (Å²) in [6.07, 6.45) is -0.186. The summed E-state index contributed by atoms with van der Waals surface area (Å²) in [6, 6.07) is 14.4. The number of esters is 1. The summed E-state index contributed by atoms with van der Waals surface area (Å²) in [6.45, 7) is 5.26. The lowest BCUT2D eigenvalue weighted by atomic mass is 9.96. The lowest BCUT2D eigenvalue weighted by Crippen LogP contribution is -2.56. The van der Waals surface area contributed by atoms with Crippen LogP contribution in [-0.2, 0) is 27.1 Å². The Morgan fingerprint density at radius 1 is 0.931 bits per heavy atom. The van der Waals surface area contributed by atoms with E-state index in [1.54, 1.807) is 45.0 Å². The first kappa shape index (κ1) is 20.6. The molecule has 0 spiro atoms. The predicted molar refractivity (Wildman–Crippen MR) is 108 cm³/mol. The fourth-order valence-electron chi connectivity index (χ4n) is 3.55. The lowest BCUT2D eigenvalue weighted by molar-refractivity contribution is -0.148. The molecule has 6 heteroatoms. The molecule has 1 N–H and O–H groups in total. The van der Waals surface area contributed by atoms with Gasteiger partial charge in [0.25, 0.3) is 0 Å². The van der Waals surface area contributed by atoms with Gasteiger partial charge in [-0.15, -0.1) is 0 Å². The number of amides is 1. The Hall–Kier alpha value is -3.15. The minimum absolute atomic E-state index is 0.0935. The number of carbonyl (C=O) groups excluding carboxylic acids is 3. The molecule has 0 aromatic heterocycles. The fraction of sp³-hybridized carbons (Fsp3) is 0.348. The summed E-state index contributed by atoms with van der Waals surface area (Å²) in [5.41, 5.74) is 0.893. The first-order valence-electron chi connectivity index (χ1n) is 9.45. The zero-order chi connectivity index (χ0) is 21.2. The van der Waals surface area contributed by atoms with Crippen molar-refractivity contribution in [2.75, 3.05) is 7.11 Å². The molecule has 0 saturated heterocycles. The Morgan fingerprint density at radius 3 is 2.21 bits per heavy atom. The van der Waals surface area contributed by atoms with E-state index < -0.39 is 23.2 Å². The maximum atomic E-state index is 12.8. The second-order valence-electron chi connectivity index (χ2n) is 8.23. The molecule has 0 fully saturated rings. The highest BCUT2D eigenvalue weighted by Gasteiger charge is 2.47. The normalized spacial score (nSPS) is 17.9. The average molecular weight is 395 g/mol. The highest BCUT2D eigenvalue weighted by molar-refractivity contribution is 6.09. The summed E-state index contributed by atoms with van der Waals surface area (Å²) in [7, 11) is 1.29. The van der Waals surface area contributed by atoms with E-state index in [-0.39, 0.29) is 18.6 Å². The third-order valence-electron chi connectivity index (χ3n) is 4.81. The molecule has 0 bridgehead atoms. The van der Waals surface area contributed by atoms with Crippen LogP contribution in [0.3, 0.4) is 0 Å². The van der Waals surface area contributed by atoms with Crippen molar-refractivity contribution >= 4 is 17.8 Å². The summed E-state index contributed by atoms with van der Waals surface area (Å²) in [5.74, 6) is -0.639. The molecular weight excluding hydrogens is 370 g/mol. The fourth-order valence-corrected chi connectivity index (χ4v) is 3.55. The minimum atomic E-state index is -1.26. The number of fused-ring (bicyclic) bond motifs is 1. The molecule has 152 valence electrons. The molecule has 6 nitrogen and oxygen atoms in total. The van der Waals surface area contributed by atoms with E-state index in [2.05, 4.69) is 5.32 Å². The maximum absolute atomic E-state index is 12.8. The predicted octanol–water partition coefficient (Wildman–Crippen LogP) is 3.45. The molecule has 2 aromatic rings. The monoisotopic (exact) mass is 395 g/mol. The van der Waals surface area contributed by atoms with Crippen LogP contribution >= 0.6 is 0 Å². The van der Waals surface area contributed by atoms with Crippen molar-refractivity contribution < 1.29 is 23.9 Å². The Bertz CT molecular complexity index is 945. The zero-order valence-corrected chi connectivity index (χ0v) is 17.1. The van der Waals surface area contributed by atoms with Gasteiger partial charge in [0.05, 0.1) is 7.11 Å². The van der Waals surface area contributed by atoms with Crippen molar-refractivity contribution in [2.24, 2.45) is 0 Å². The highest BCUT2D eigenvalue weighted by Crippen LogP contribution is 2.33. The molecule has 0 unspecified atom stereocenters. The SMILES string of the molecule is COC(=O)[C@@]1(NC(=O)OC(C)(C)C)Cc2ccc(C(=O)c3ccccc3)cc2C1. The van der Waals surface area contributed by atoms with Gasteiger partial charge in [-0.3, -0.25) is 4.79 Å². The number of methoxy groups -OCH3 is 1. The van der Waals surface area contributed by atoms with Gasteiger partial charge in [-0.2, -0.15) is 0 Å². The average Bonchev–Trinajstić information content (AvgIpc) is 3.04. The van der Waals surface area contributed by atoms with Gasteiger partial charge in [0, 0.05) is 24.0 Å². The number of ether oxygens (including phenoxy) is 2. The summed E-state index contributed by atoms with van der Waals surface area (Å²) in [4.78, 5) is 37.7. The zero-order valence-electron chi connectivity index (χ0n) is 17.1. The molecule has 2 aromatic carbocycles. The van der Waals surface area contributed by atoms with Crippen LogP contribution in [0.1, 0.15) is 47.8 Å². The van der Waals surface area contributed by atoms with Crippen LogP contribution < -0.4 is 5.32 Å². The first-order chi connectivity index (χ1) is 13.6. The molecule has 1 amide bonds. The van der Waals surface area contributed by atoms with Gasteiger partial charge in [0.15, 0.2) is 5.78 Å². The van der Waals surface area contributed by atoms with Crippen molar-refractivity contribution in [3.8, 4) is 0 Å². The van der Waals surface area contributed by atoms with Crippen LogP contribution in [0.15, 0.2) is 48.5 Å². The Balaban J connectivity index is 1.87. The van der Waals surface area contributed by atoms with Gasteiger partial charge in [0.1, 0.15) is 11.1 Å². The number of ketones is 1. The van der Waals surface area contributed by atoms with E-state index in [0.717, 1.165) is 11.1 Å². The molecule has 0 aliphatic heterocycles. The quantitative estimate of drug-likeness (QED) is 0.633. The van der Waals surface area contributed by atoms with Crippen molar-refractivity contribution in [3.63, 3.8) is 0 Å². The summed E-state index contributed by atoms with van der Waals surface area (Å²) in [5, 5.41) is 2.71. The second kappa shape index (κ2) is 7.70. The molecule has 0 heterocycles. The Morgan fingerprint density at radius 2 is 1.59 bits per heavy atom. The molecule has 3 rings (SSSR count). The third-order valence-corrected chi connectivity index (χ3v) is 4.81. The maximum Gasteiger partial charge on any atom is 0.408 e. The van der Waals surface area contributed by atoms with Gasteiger partial charge in [-0.05, 0) is 38.0 Å². The number of nitrogens with one attached hydrogen (secondary N) is 1. The van der Waals surface area contributed by atoms with Gasteiger partial charge in [-0.1, -0.05) is 42.5 Å². The van der Waals surface area contributed by atoms with Crippen LogP contribution in [-0.4, -0.2) is 36.1 Å². The van der Waals surface area contributed by atoms with E-state index in [1.165, 1.54) is 7.11 Å². The van der Waals surface area contributed by atoms with E-state index >= 15 is 0 Å². The van der Waals surface area contributed by atoms with Crippen LogP contribution in [0.4, 0.5) is 4.79 Å². The molecule has 1 aliphatic carbocycles. The third kappa shape index (κ3) is 4.47. The van der Waals surface area contributed by atoms with Gasteiger partial charge < -0.3 is 14.8 Å². The van der Waals surface area contributed by atoms with E-state index in [1.807, 2.05) is 24.3 Å². The first-order valence-corrected chi connectivity index (χ1v) is 9.45. The van der Waals surface area contributed by atoms with Crippen LogP contribution in [0.25, 0.3) is 0 Å². The van der Waals surface area contributed by atoms with E-state index in [4.69, 9.17) is 9.47 Å². The highest BCUT2D eigenvalue weighted by atomic mass is 16.6. The van der Waals surface area contributed by atoms with Gasteiger partial charge in [0.2, 0.25) is 0 Å². The van der Waals surface area contributed by atoms with Crippen LogP contribution in [0.2, 0.25) is 0 Å². The van der Waals surface area contributed by atoms with E-state index in [0.29, 0.717) is 11.1 Å². The second-order valence-corrected chi connectivity index (χ2v) is 8.23. The molecule has 29 heavy (non-hydrogen) atoms. The number of benzene rings is 2. The molecule has 0 radical (unpaired) electrons. The topological polar surface area (TPSA) is 81.7 Å². The Kier molecular flexibility index (Phi) is 5.46. The van der Waals surface area contributed by atoms with Gasteiger partial charge >= 0.3 is 12.1 Å². The lowest BCUT2D eigenvalue weighted by Gasteiger charge is -2.29. The molecule has 0 saturated carbocycles. The van der Waals surface area contributed by atoms with Crippen LogP contribution in [0.5, 0.6) is 0 Å². The summed E-state index contributed by atoms with van der Waals surface area (Å²) >= 11 is 0. The number of hydrogen-bond acceptors (Lipinski definition) is 5. The van der Waals surface area contributed by atoms with Crippen molar-refractivity contribution in [2.45, 2.75) is 44.8 Å². The molecule has 1 atom stereocenters. The van der Waals surface area contributed by atoms with Crippen molar-refractivity contribution in [1.29, 1.82) is 0 Å². The van der Waals surface area contributed by atoms with Crippen molar-refractivity contribution in [3.05, 3.63) is 70.8 Å². The van der Waals surface area contributed by atoms with Crippen molar-refractivity contribution in [1.82, 2.24) is 5.32 Å². The molecular formula is C23H25NO5. The number of alkyl carbamates (subject to hydrolysis) is 1. The smallest absolute Gasteiger partial charge is 0.408 e. The Labute approximate surface area is 170 Å². The van der Waals surface area contributed by atoms with Gasteiger partial charge in [-0.25, -0.2) is 9.59 Å².